The number of nitrogens with two attached hydrogens (primary N) is 1. The molecule has 3 nitrogen and oxygen atoms in total. The Bertz CT molecular complexity index is 318. The summed E-state index contributed by atoms with van der Waals surface area (Å²) in [6.45, 7) is 5.68. The Morgan fingerprint density at radius 1 is 1.47 bits per heavy atom. The highest BCUT2D eigenvalue weighted by Crippen LogP contribution is 2.28. The minimum absolute atomic E-state index is 0.640. The summed E-state index contributed by atoms with van der Waals surface area (Å²) < 4.78 is 0. The molecule has 0 saturated carbocycles. The molecule has 0 amide bonds. The van der Waals surface area contributed by atoms with Crippen molar-refractivity contribution in [3.05, 3.63) is 18.3 Å². The Morgan fingerprint density at radius 2 is 2.27 bits per heavy atom. The minimum Gasteiger partial charge on any atom is -0.397 e. The van der Waals surface area contributed by atoms with Crippen LogP contribution in [0.3, 0.4) is 0 Å². The van der Waals surface area contributed by atoms with Gasteiger partial charge in [0, 0.05) is 12.6 Å². The van der Waals surface area contributed by atoms with Crippen molar-refractivity contribution in [1.29, 1.82) is 0 Å². The third-order valence-electron chi connectivity index (χ3n) is 3.13. The zero-order chi connectivity index (χ0) is 10.8. The quantitative estimate of drug-likeness (QED) is 0.805. The van der Waals surface area contributed by atoms with Gasteiger partial charge in [0.2, 0.25) is 0 Å². The normalized spacial score (nSPS) is 21.3. The molecule has 82 valence electrons. The molecule has 0 bridgehead atoms. The van der Waals surface area contributed by atoms with Gasteiger partial charge < -0.3 is 10.6 Å². The van der Waals surface area contributed by atoms with Crippen LogP contribution >= 0.6 is 0 Å². The maximum atomic E-state index is 5.64. The van der Waals surface area contributed by atoms with E-state index >= 15 is 0 Å². The Balaban J connectivity index is 2.19. The van der Waals surface area contributed by atoms with Gasteiger partial charge in [-0.25, -0.2) is 4.98 Å². The average molecular weight is 205 g/mol. The van der Waals surface area contributed by atoms with Crippen LogP contribution in [0.4, 0.5) is 11.5 Å². The van der Waals surface area contributed by atoms with Gasteiger partial charge in [0.1, 0.15) is 5.82 Å². The van der Waals surface area contributed by atoms with Crippen LogP contribution in [0.5, 0.6) is 0 Å². The first-order valence-corrected chi connectivity index (χ1v) is 5.66. The van der Waals surface area contributed by atoms with E-state index in [-0.39, 0.29) is 0 Å². The van der Waals surface area contributed by atoms with Crippen molar-refractivity contribution in [2.75, 3.05) is 17.2 Å². The smallest absolute Gasteiger partial charge is 0.128 e. The SMILES string of the molecule is CC(C)C1CCCN1c1ccc(N)cn1. The maximum absolute atomic E-state index is 5.64. The highest BCUT2D eigenvalue weighted by atomic mass is 15.2. The Morgan fingerprint density at radius 3 is 2.87 bits per heavy atom. The van der Waals surface area contributed by atoms with Gasteiger partial charge in [-0.05, 0) is 30.9 Å². The first-order chi connectivity index (χ1) is 7.18. The van der Waals surface area contributed by atoms with Gasteiger partial charge in [-0.15, -0.1) is 0 Å². The summed E-state index contributed by atoms with van der Waals surface area (Å²) in [7, 11) is 0. The fourth-order valence-corrected chi connectivity index (χ4v) is 2.34. The molecule has 3 heteroatoms. The van der Waals surface area contributed by atoms with Crippen LogP contribution in [-0.4, -0.2) is 17.6 Å². The zero-order valence-electron chi connectivity index (χ0n) is 9.48. The summed E-state index contributed by atoms with van der Waals surface area (Å²) in [5.41, 5.74) is 6.37. The largest absolute Gasteiger partial charge is 0.397 e. The number of hydrogen-bond donors (Lipinski definition) is 1. The van der Waals surface area contributed by atoms with Crippen LogP contribution in [0.15, 0.2) is 18.3 Å². The first-order valence-electron chi connectivity index (χ1n) is 5.66. The number of nitrogen functional groups attached to an aromatic ring is 1. The summed E-state index contributed by atoms with van der Waals surface area (Å²) in [5.74, 6) is 1.76. The highest BCUT2D eigenvalue weighted by molar-refractivity contribution is 5.47. The van der Waals surface area contributed by atoms with Crippen LogP contribution in [0.1, 0.15) is 26.7 Å². The molecule has 0 spiro atoms. The van der Waals surface area contributed by atoms with Gasteiger partial charge in [0.05, 0.1) is 11.9 Å². The van der Waals surface area contributed by atoms with Crippen molar-refractivity contribution >= 4 is 11.5 Å². The third-order valence-corrected chi connectivity index (χ3v) is 3.13. The van der Waals surface area contributed by atoms with E-state index < -0.39 is 0 Å². The molecule has 2 rings (SSSR count). The van der Waals surface area contributed by atoms with Gasteiger partial charge in [0.25, 0.3) is 0 Å². The lowest BCUT2D eigenvalue weighted by atomic mass is 10.0. The lowest BCUT2D eigenvalue weighted by Gasteiger charge is -2.28. The summed E-state index contributed by atoms with van der Waals surface area (Å²) in [6.07, 6.45) is 4.30. The van der Waals surface area contributed by atoms with E-state index in [1.807, 2.05) is 12.1 Å². The van der Waals surface area contributed by atoms with Crippen molar-refractivity contribution in [2.24, 2.45) is 5.92 Å². The van der Waals surface area contributed by atoms with E-state index in [0.29, 0.717) is 12.0 Å². The van der Waals surface area contributed by atoms with Crippen molar-refractivity contribution in [2.45, 2.75) is 32.7 Å². The minimum atomic E-state index is 0.640. The molecule has 1 aromatic heterocycles. The molecular weight excluding hydrogens is 186 g/mol. The Labute approximate surface area is 91.3 Å². The van der Waals surface area contributed by atoms with Gasteiger partial charge >= 0.3 is 0 Å². The lowest BCUT2D eigenvalue weighted by molar-refractivity contribution is 0.489. The molecule has 15 heavy (non-hydrogen) atoms. The summed E-state index contributed by atoms with van der Waals surface area (Å²) in [4.78, 5) is 6.80. The molecule has 0 aromatic carbocycles. The lowest BCUT2D eigenvalue weighted by Crippen LogP contribution is -2.33. The first kappa shape index (κ1) is 10.3. The number of anilines is 2. The molecule has 1 aliphatic rings. The number of nitrogens with zero attached hydrogens (tertiary/aromatic N) is 2. The van der Waals surface area contributed by atoms with Gasteiger partial charge in [0.15, 0.2) is 0 Å². The molecule has 1 atom stereocenters. The standard InChI is InChI=1S/C12H19N3/c1-9(2)11-4-3-7-15(11)12-6-5-10(13)8-14-12/h5-6,8-9,11H,3-4,7,13H2,1-2H3. The molecule has 1 saturated heterocycles. The molecule has 2 heterocycles. The van der Waals surface area contributed by atoms with Crippen LogP contribution in [0.2, 0.25) is 0 Å². The van der Waals surface area contributed by atoms with Crippen LogP contribution in [0.25, 0.3) is 0 Å². The molecule has 1 unspecified atom stereocenters. The average Bonchev–Trinajstić information content (AvgIpc) is 2.67. The summed E-state index contributed by atoms with van der Waals surface area (Å²) in [6, 6.07) is 4.59. The number of hydrogen-bond acceptors (Lipinski definition) is 3. The maximum Gasteiger partial charge on any atom is 0.128 e. The van der Waals surface area contributed by atoms with Crippen molar-refractivity contribution in [1.82, 2.24) is 4.98 Å². The molecule has 1 aliphatic heterocycles. The fraction of sp³-hybridized carbons (Fsp3) is 0.583. The second-order valence-electron chi connectivity index (χ2n) is 4.60. The van der Waals surface area contributed by atoms with Gasteiger partial charge in [-0.2, -0.15) is 0 Å². The summed E-state index contributed by atoms with van der Waals surface area (Å²) in [5, 5.41) is 0. The van der Waals surface area contributed by atoms with Crippen molar-refractivity contribution < 1.29 is 0 Å². The highest BCUT2D eigenvalue weighted by Gasteiger charge is 2.27. The van der Waals surface area contributed by atoms with Crippen molar-refractivity contribution in [3.8, 4) is 0 Å². The fourth-order valence-electron chi connectivity index (χ4n) is 2.34. The molecule has 2 N–H and O–H groups in total. The third kappa shape index (κ3) is 2.06. The predicted octanol–water partition coefficient (Wildman–Crippen LogP) is 2.29. The number of aromatic nitrogens is 1. The second-order valence-corrected chi connectivity index (χ2v) is 4.60. The van der Waals surface area contributed by atoms with Gasteiger partial charge in [-0.3, -0.25) is 0 Å². The predicted molar refractivity (Wildman–Crippen MR) is 63.9 cm³/mol. The topological polar surface area (TPSA) is 42.1 Å². The molecule has 0 radical (unpaired) electrons. The van der Waals surface area contributed by atoms with E-state index in [9.17, 15) is 0 Å². The molecule has 1 aromatic rings. The Hall–Kier alpha value is -1.25. The van der Waals surface area contributed by atoms with Gasteiger partial charge in [-0.1, -0.05) is 13.8 Å². The van der Waals surface area contributed by atoms with E-state index in [1.165, 1.54) is 12.8 Å². The molecular formula is C12H19N3. The van der Waals surface area contributed by atoms with Crippen LogP contribution in [-0.2, 0) is 0 Å². The van der Waals surface area contributed by atoms with E-state index in [4.69, 9.17) is 5.73 Å². The summed E-state index contributed by atoms with van der Waals surface area (Å²) >= 11 is 0. The number of pyridine rings is 1. The van der Waals surface area contributed by atoms with E-state index in [2.05, 4.69) is 23.7 Å². The second kappa shape index (κ2) is 4.09. The number of rotatable bonds is 2. The molecule has 0 aliphatic carbocycles. The van der Waals surface area contributed by atoms with Crippen LogP contribution < -0.4 is 10.6 Å². The Kier molecular flexibility index (Phi) is 2.80. The zero-order valence-corrected chi connectivity index (χ0v) is 9.48. The van der Waals surface area contributed by atoms with Crippen LogP contribution in [0, 0.1) is 5.92 Å². The van der Waals surface area contributed by atoms with E-state index in [1.54, 1.807) is 6.20 Å². The van der Waals surface area contributed by atoms with E-state index in [0.717, 1.165) is 18.1 Å². The van der Waals surface area contributed by atoms with Crippen molar-refractivity contribution in [3.63, 3.8) is 0 Å². The monoisotopic (exact) mass is 205 g/mol. The molecule has 1 fully saturated rings.